The Hall–Kier alpha value is -3.07. The van der Waals surface area contributed by atoms with Gasteiger partial charge in [0.15, 0.2) is 0 Å². The van der Waals surface area contributed by atoms with Gasteiger partial charge in [0.2, 0.25) is 5.91 Å². The van der Waals surface area contributed by atoms with Crippen LogP contribution < -0.4 is 16.4 Å². The van der Waals surface area contributed by atoms with Crippen LogP contribution in [0, 0.1) is 11.3 Å². The molecule has 2 aromatic rings. The van der Waals surface area contributed by atoms with Crippen LogP contribution in [0.4, 0.5) is 11.5 Å². The Morgan fingerprint density at radius 2 is 2.00 bits per heavy atom. The van der Waals surface area contributed by atoms with Crippen LogP contribution in [-0.2, 0) is 11.3 Å². The summed E-state index contributed by atoms with van der Waals surface area (Å²) in [6, 6.07) is 14.4. The van der Waals surface area contributed by atoms with Crippen molar-refractivity contribution >= 4 is 17.4 Å². The number of carbonyl (C=O) groups is 1. The first-order valence-corrected chi connectivity index (χ1v) is 6.34. The molecule has 4 N–H and O–H groups in total. The monoisotopic (exact) mass is 281 g/mol. The Morgan fingerprint density at radius 1 is 1.24 bits per heavy atom. The molecule has 106 valence electrons. The van der Waals surface area contributed by atoms with Gasteiger partial charge in [-0.05, 0) is 23.8 Å². The maximum Gasteiger partial charge on any atom is 0.237 e. The molecule has 1 amide bonds. The zero-order chi connectivity index (χ0) is 15.2. The van der Waals surface area contributed by atoms with Crippen molar-refractivity contribution in [3.8, 4) is 6.07 Å². The lowest BCUT2D eigenvalue weighted by atomic mass is 10.1. The highest BCUT2D eigenvalue weighted by Crippen LogP contribution is 2.18. The van der Waals surface area contributed by atoms with Gasteiger partial charge in [-0.3, -0.25) is 4.79 Å². The quantitative estimate of drug-likeness (QED) is 0.795. The molecule has 0 unspecified atom stereocenters. The zero-order valence-corrected chi connectivity index (χ0v) is 11.4. The Balaban J connectivity index is 2.32. The van der Waals surface area contributed by atoms with E-state index in [4.69, 9.17) is 16.7 Å². The normalized spacial score (nSPS) is 9.86. The van der Waals surface area contributed by atoms with E-state index in [-0.39, 0.29) is 12.2 Å². The summed E-state index contributed by atoms with van der Waals surface area (Å²) in [6.07, 6.45) is 0. The molecule has 6 nitrogen and oxygen atoms in total. The average Bonchev–Trinajstić information content (AvgIpc) is 2.48. The van der Waals surface area contributed by atoms with Crippen molar-refractivity contribution in [3.63, 3.8) is 0 Å². The van der Waals surface area contributed by atoms with Crippen molar-refractivity contribution in [1.82, 2.24) is 4.98 Å². The van der Waals surface area contributed by atoms with Gasteiger partial charge in [-0.25, -0.2) is 4.98 Å². The number of amides is 1. The number of para-hydroxylation sites is 1. The summed E-state index contributed by atoms with van der Waals surface area (Å²) < 4.78 is 0. The van der Waals surface area contributed by atoms with Gasteiger partial charge in [-0.2, -0.15) is 5.26 Å². The predicted molar refractivity (Wildman–Crippen MR) is 80.1 cm³/mol. The van der Waals surface area contributed by atoms with E-state index in [1.807, 2.05) is 24.3 Å². The lowest BCUT2D eigenvalue weighted by Crippen LogP contribution is -2.34. The lowest BCUT2D eigenvalue weighted by Gasteiger charge is -2.23. The van der Waals surface area contributed by atoms with Gasteiger partial charge in [-0.15, -0.1) is 0 Å². The Bertz CT molecular complexity index is 692. The summed E-state index contributed by atoms with van der Waals surface area (Å²) in [5, 5.41) is 8.92. The van der Waals surface area contributed by atoms with E-state index >= 15 is 0 Å². The zero-order valence-electron chi connectivity index (χ0n) is 11.4. The van der Waals surface area contributed by atoms with Crippen molar-refractivity contribution in [1.29, 1.82) is 5.26 Å². The van der Waals surface area contributed by atoms with E-state index in [2.05, 4.69) is 4.98 Å². The number of aromatic nitrogens is 1. The van der Waals surface area contributed by atoms with Crippen LogP contribution in [0.2, 0.25) is 0 Å². The number of pyridine rings is 1. The molecule has 1 aromatic heterocycles. The van der Waals surface area contributed by atoms with E-state index in [1.54, 1.807) is 29.2 Å². The van der Waals surface area contributed by atoms with Crippen LogP contribution >= 0.6 is 0 Å². The highest BCUT2D eigenvalue weighted by atomic mass is 16.1. The van der Waals surface area contributed by atoms with Gasteiger partial charge in [0.1, 0.15) is 17.6 Å². The fourth-order valence-electron chi connectivity index (χ4n) is 1.95. The minimum absolute atomic E-state index is 0.00375. The number of primary amides is 1. The first-order valence-electron chi connectivity index (χ1n) is 6.34. The van der Waals surface area contributed by atoms with Crippen molar-refractivity contribution in [2.75, 3.05) is 17.2 Å². The topological polar surface area (TPSA) is 109 Å². The van der Waals surface area contributed by atoms with Crippen LogP contribution in [0.1, 0.15) is 11.3 Å². The molecule has 0 saturated heterocycles. The van der Waals surface area contributed by atoms with Gasteiger partial charge in [0.25, 0.3) is 0 Å². The fraction of sp³-hybridized carbons (Fsp3) is 0.133. The summed E-state index contributed by atoms with van der Waals surface area (Å²) in [7, 11) is 0. The molecule has 0 aliphatic rings. The molecule has 6 heteroatoms. The van der Waals surface area contributed by atoms with Gasteiger partial charge in [0, 0.05) is 12.2 Å². The van der Waals surface area contributed by atoms with Gasteiger partial charge in [-0.1, -0.05) is 24.3 Å². The molecule has 0 spiro atoms. The van der Waals surface area contributed by atoms with Crippen LogP contribution in [0.25, 0.3) is 0 Å². The lowest BCUT2D eigenvalue weighted by molar-refractivity contribution is -0.116. The fourth-order valence-corrected chi connectivity index (χ4v) is 1.95. The summed E-state index contributed by atoms with van der Waals surface area (Å²) in [6.45, 7) is 0.383. The van der Waals surface area contributed by atoms with E-state index in [1.165, 1.54) is 0 Å². The smallest absolute Gasteiger partial charge is 0.237 e. The minimum atomic E-state index is -0.478. The molecule has 21 heavy (non-hydrogen) atoms. The first kappa shape index (κ1) is 14.3. The molecule has 1 aromatic carbocycles. The standard InChI is InChI=1S/C15H15N5O/c16-8-12-5-3-7-15(19-12)20(10-14(18)21)9-11-4-1-2-6-13(11)17/h1-7H,9-10,17H2,(H2,18,21). The number of nitriles is 1. The number of anilines is 2. The van der Waals surface area contributed by atoms with Crippen molar-refractivity contribution in [3.05, 3.63) is 53.7 Å². The SMILES string of the molecule is N#Cc1cccc(N(CC(N)=O)Cc2ccccc2N)n1. The van der Waals surface area contributed by atoms with Gasteiger partial charge < -0.3 is 16.4 Å². The number of nitrogen functional groups attached to an aromatic ring is 1. The summed E-state index contributed by atoms with van der Waals surface area (Å²) >= 11 is 0. The van der Waals surface area contributed by atoms with Crippen molar-refractivity contribution in [2.45, 2.75) is 6.54 Å². The molecular weight excluding hydrogens is 266 g/mol. The number of hydrogen-bond donors (Lipinski definition) is 2. The molecule has 2 rings (SSSR count). The second-order valence-corrected chi connectivity index (χ2v) is 4.51. The second-order valence-electron chi connectivity index (χ2n) is 4.51. The molecule has 0 atom stereocenters. The molecule has 0 aliphatic heterocycles. The number of hydrogen-bond acceptors (Lipinski definition) is 5. The molecule has 0 radical (unpaired) electrons. The largest absolute Gasteiger partial charge is 0.398 e. The number of carbonyl (C=O) groups excluding carboxylic acids is 1. The third-order valence-electron chi connectivity index (χ3n) is 2.94. The maximum absolute atomic E-state index is 11.3. The second kappa shape index (κ2) is 6.39. The number of benzene rings is 1. The summed E-state index contributed by atoms with van der Waals surface area (Å²) in [5.41, 5.74) is 13.0. The van der Waals surface area contributed by atoms with Crippen LogP contribution in [0.15, 0.2) is 42.5 Å². The Labute approximate surface area is 122 Å². The minimum Gasteiger partial charge on any atom is -0.398 e. The third kappa shape index (κ3) is 3.70. The molecule has 0 saturated carbocycles. The van der Waals surface area contributed by atoms with E-state index in [9.17, 15) is 4.79 Å². The van der Waals surface area contributed by atoms with Crippen LogP contribution in [0.3, 0.4) is 0 Å². The van der Waals surface area contributed by atoms with E-state index in [0.29, 0.717) is 18.1 Å². The molecule has 1 heterocycles. The number of rotatable bonds is 5. The average molecular weight is 281 g/mol. The third-order valence-corrected chi connectivity index (χ3v) is 2.94. The van der Waals surface area contributed by atoms with Crippen molar-refractivity contribution in [2.24, 2.45) is 5.73 Å². The highest BCUT2D eigenvalue weighted by Gasteiger charge is 2.13. The molecule has 0 aliphatic carbocycles. The molecule has 0 fully saturated rings. The van der Waals surface area contributed by atoms with Crippen LogP contribution in [0.5, 0.6) is 0 Å². The van der Waals surface area contributed by atoms with E-state index in [0.717, 1.165) is 5.56 Å². The van der Waals surface area contributed by atoms with Crippen LogP contribution in [-0.4, -0.2) is 17.4 Å². The molecule has 0 bridgehead atoms. The Kier molecular flexibility index (Phi) is 4.36. The summed E-state index contributed by atoms with van der Waals surface area (Å²) in [4.78, 5) is 17.1. The van der Waals surface area contributed by atoms with Gasteiger partial charge >= 0.3 is 0 Å². The number of nitrogens with two attached hydrogens (primary N) is 2. The Morgan fingerprint density at radius 3 is 2.67 bits per heavy atom. The predicted octanol–water partition coefficient (Wildman–Crippen LogP) is 1.03. The highest BCUT2D eigenvalue weighted by molar-refractivity contribution is 5.79. The summed E-state index contributed by atoms with van der Waals surface area (Å²) in [5.74, 6) is 0.0322. The molecular formula is C15H15N5O. The van der Waals surface area contributed by atoms with E-state index < -0.39 is 5.91 Å². The first-order chi connectivity index (χ1) is 10.1. The van der Waals surface area contributed by atoms with Gasteiger partial charge in [0.05, 0.1) is 6.54 Å². The number of nitrogens with zero attached hydrogens (tertiary/aromatic N) is 3. The maximum atomic E-state index is 11.3. The van der Waals surface area contributed by atoms with Crippen molar-refractivity contribution < 1.29 is 4.79 Å².